The van der Waals surface area contributed by atoms with Gasteiger partial charge in [-0.15, -0.1) is 13.2 Å². The van der Waals surface area contributed by atoms with Crippen molar-refractivity contribution in [3.05, 3.63) is 24.3 Å². The van der Waals surface area contributed by atoms with Crippen LogP contribution < -0.4 is 9.47 Å². The third-order valence-corrected chi connectivity index (χ3v) is 8.88. The quantitative estimate of drug-likeness (QED) is 0.540. The van der Waals surface area contributed by atoms with E-state index in [0.717, 1.165) is 12.1 Å². The summed E-state index contributed by atoms with van der Waals surface area (Å²) in [6, 6.07) is 4.97. The number of likely N-dealkylation sites (tertiary alicyclic amines) is 1. The van der Waals surface area contributed by atoms with Crippen molar-refractivity contribution in [1.29, 1.82) is 0 Å². The number of carboxylic acid groups (broad SMARTS) is 1. The third-order valence-electron chi connectivity index (χ3n) is 6.26. The molecule has 2 saturated heterocycles. The molecule has 34 heavy (non-hydrogen) atoms. The minimum absolute atomic E-state index is 0.00282. The molecule has 0 bridgehead atoms. The van der Waals surface area contributed by atoms with E-state index in [1.807, 2.05) is 4.90 Å². The Hall–Kier alpha value is -2.09. The number of carbonyl (C=O) groups is 1. The van der Waals surface area contributed by atoms with Gasteiger partial charge in [-0.3, -0.25) is 4.79 Å². The molecule has 0 atom stereocenters. The number of sulfonamides is 1. The predicted octanol–water partition coefficient (Wildman–Crippen LogP) is 2.32. The zero-order valence-corrected chi connectivity index (χ0v) is 19.6. The first kappa shape index (κ1) is 26.5. The van der Waals surface area contributed by atoms with E-state index in [0.29, 0.717) is 44.8 Å². The maximum Gasteiger partial charge on any atom is 0.573 e. The number of alkyl halides is 3. The number of piperidine rings is 2. The molecule has 2 heterocycles. The lowest BCUT2D eigenvalue weighted by atomic mass is 9.96. The number of aliphatic carboxylic acids is 1. The Kier molecular flexibility index (Phi) is 8.32. The van der Waals surface area contributed by atoms with Crippen molar-refractivity contribution >= 4 is 16.0 Å². The minimum atomic E-state index is -4.78. The molecular formula is C21H29F3N2O7S. The zero-order chi connectivity index (χ0) is 25.0. The second-order valence-electron chi connectivity index (χ2n) is 8.37. The van der Waals surface area contributed by atoms with E-state index in [2.05, 4.69) is 4.74 Å². The maximum atomic E-state index is 13.4. The van der Waals surface area contributed by atoms with E-state index in [4.69, 9.17) is 9.47 Å². The summed E-state index contributed by atoms with van der Waals surface area (Å²) >= 11 is 0. The van der Waals surface area contributed by atoms with Crippen molar-refractivity contribution in [2.24, 2.45) is 0 Å². The molecule has 0 aliphatic carbocycles. The zero-order valence-electron chi connectivity index (χ0n) is 18.8. The van der Waals surface area contributed by atoms with E-state index in [1.54, 1.807) is 7.11 Å². The second-order valence-corrected chi connectivity index (χ2v) is 10.6. The lowest BCUT2D eigenvalue weighted by molar-refractivity contribution is -0.274. The first-order chi connectivity index (χ1) is 16.0. The van der Waals surface area contributed by atoms with Gasteiger partial charge in [-0.05, 0) is 49.9 Å². The van der Waals surface area contributed by atoms with Crippen LogP contribution in [0, 0.1) is 0 Å². The molecule has 0 saturated carbocycles. The lowest BCUT2D eigenvalue weighted by Crippen LogP contribution is -2.60. The number of halogens is 3. The van der Waals surface area contributed by atoms with Crippen LogP contribution in [0.1, 0.15) is 25.7 Å². The normalized spacial score (nSPS) is 20.7. The number of rotatable bonds is 9. The third kappa shape index (κ3) is 6.12. The van der Waals surface area contributed by atoms with Crippen LogP contribution in [0.5, 0.6) is 11.5 Å². The van der Waals surface area contributed by atoms with Crippen molar-refractivity contribution < 1.29 is 45.7 Å². The Morgan fingerprint density at radius 2 is 1.65 bits per heavy atom. The first-order valence-electron chi connectivity index (χ1n) is 10.9. The van der Waals surface area contributed by atoms with Crippen LogP contribution in [0.4, 0.5) is 13.2 Å². The summed E-state index contributed by atoms with van der Waals surface area (Å²) in [6.45, 7) is 2.00. The van der Waals surface area contributed by atoms with E-state index in [-0.39, 0.29) is 37.8 Å². The van der Waals surface area contributed by atoms with E-state index < -0.39 is 27.1 Å². The number of carboxylic acids is 1. The topological polar surface area (TPSA) is 106 Å². The molecule has 192 valence electrons. The van der Waals surface area contributed by atoms with Crippen LogP contribution in [0.2, 0.25) is 0 Å². The highest BCUT2D eigenvalue weighted by Gasteiger charge is 2.55. The Labute approximate surface area is 196 Å². The van der Waals surface area contributed by atoms with Crippen molar-refractivity contribution in [3.63, 3.8) is 0 Å². The summed E-state index contributed by atoms with van der Waals surface area (Å²) in [4.78, 5) is 14.1. The largest absolute Gasteiger partial charge is 0.573 e. The van der Waals surface area contributed by atoms with Crippen LogP contribution in [-0.4, -0.2) is 92.4 Å². The molecular weight excluding hydrogens is 481 g/mol. The van der Waals surface area contributed by atoms with Gasteiger partial charge >= 0.3 is 12.3 Å². The number of hydrogen-bond donors (Lipinski definition) is 1. The molecule has 0 spiro atoms. The fourth-order valence-electron chi connectivity index (χ4n) is 4.29. The molecule has 1 aromatic rings. The number of benzene rings is 1. The smallest absolute Gasteiger partial charge is 0.490 e. The minimum Gasteiger partial charge on any atom is -0.490 e. The molecule has 2 fully saturated rings. The standard InChI is InChI=1S/C21H29F3N2O7S/c1-31-15-14-25-12-8-20(9-13-25,19(27)28)34(29,30)26-10-6-17(7-11-26)32-16-2-4-18(5-3-16)33-21(22,23)24/h2-5,17H,6-15H2,1H3,(H,27,28). The average molecular weight is 511 g/mol. The van der Waals surface area contributed by atoms with Gasteiger partial charge in [0.1, 0.15) is 17.6 Å². The molecule has 13 heteroatoms. The predicted molar refractivity (Wildman–Crippen MR) is 115 cm³/mol. The molecule has 0 amide bonds. The van der Waals surface area contributed by atoms with E-state index >= 15 is 0 Å². The van der Waals surface area contributed by atoms with Crippen molar-refractivity contribution in [2.75, 3.05) is 46.4 Å². The average Bonchev–Trinajstić information content (AvgIpc) is 2.78. The van der Waals surface area contributed by atoms with Crippen LogP contribution in [0.25, 0.3) is 0 Å². The molecule has 2 aliphatic heterocycles. The summed E-state index contributed by atoms with van der Waals surface area (Å²) in [5, 5.41) is 9.90. The number of ether oxygens (including phenoxy) is 3. The molecule has 0 unspecified atom stereocenters. The monoisotopic (exact) mass is 510 g/mol. The fourth-order valence-corrected chi connectivity index (χ4v) is 6.40. The van der Waals surface area contributed by atoms with Gasteiger partial charge in [0.05, 0.1) is 6.61 Å². The summed E-state index contributed by atoms with van der Waals surface area (Å²) in [5.41, 5.74) is 0. The van der Waals surface area contributed by atoms with E-state index in [9.17, 15) is 31.5 Å². The molecule has 0 radical (unpaired) electrons. The van der Waals surface area contributed by atoms with Gasteiger partial charge in [-0.25, -0.2) is 12.7 Å². The molecule has 0 aromatic heterocycles. The van der Waals surface area contributed by atoms with Crippen molar-refractivity contribution in [1.82, 2.24) is 9.21 Å². The summed E-state index contributed by atoms with van der Waals surface area (Å²) in [5.74, 6) is -1.37. The van der Waals surface area contributed by atoms with Gasteiger partial charge in [0.2, 0.25) is 10.0 Å². The van der Waals surface area contributed by atoms with Crippen LogP contribution in [0.3, 0.4) is 0 Å². The number of nitrogens with zero attached hydrogens (tertiary/aromatic N) is 2. The Morgan fingerprint density at radius 1 is 1.09 bits per heavy atom. The van der Waals surface area contributed by atoms with Gasteiger partial charge in [0.15, 0.2) is 4.75 Å². The van der Waals surface area contributed by atoms with Crippen molar-refractivity contribution in [3.8, 4) is 11.5 Å². The molecule has 1 aromatic carbocycles. The highest BCUT2D eigenvalue weighted by atomic mass is 32.2. The Balaban J connectivity index is 1.58. The number of methoxy groups -OCH3 is 1. The highest BCUT2D eigenvalue weighted by molar-refractivity contribution is 7.91. The lowest BCUT2D eigenvalue weighted by Gasteiger charge is -2.42. The van der Waals surface area contributed by atoms with Crippen LogP contribution >= 0.6 is 0 Å². The SMILES string of the molecule is COCCN1CCC(C(=O)O)(S(=O)(=O)N2CCC(Oc3ccc(OC(F)(F)F)cc3)CC2)CC1. The van der Waals surface area contributed by atoms with Gasteiger partial charge in [-0.2, -0.15) is 0 Å². The fraction of sp³-hybridized carbons (Fsp3) is 0.667. The summed E-state index contributed by atoms with van der Waals surface area (Å²) < 4.78 is 77.6. The molecule has 2 aliphatic rings. The van der Waals surface area contributed by atoms with Crippen molar-refractivity contribution in [2.45, 2.75) is 42.9 Å². The van der Waals surface area contributed by atoms with Gasteiger partial charge in [0.25, 0.3) is 0 Å². The summed E-state index contributed by atoms with van der Waals surface area (Å²) in [7, 11) is -2.54. The van der Waals surface area contributed by atoms with E-state index in [1.165, 1.54) is 16.4 Å². The highest BCUT2D eigenvalue weighted by Crippen LogP contribution is 2.35. The molecule has 3 rings (SSSR count). The summed E-state index contributed by atoms with van der Waals surface area (Å²) in [6.07, 6.45) is -4.48. The maximum absolute atomic E-state index is 13.4. The number of hydrogen-bond acceptors (Lipinski definition) is 7. The second kappa shape index (κ2) is 10.7. The first-order valence-corrected chi connectivity index (χ1v) is 12.4. The van der Waals surface area contributed by atoms with Gasteiger partial charge in [0, 0.05) is 39.8 Å². The van der Waals surface area contributed by atoms with Crippen LogP contribution in [-0.2, 0) is 19.6 Å². The van der Waals surface area contributed by atoms with Crippen LogP contribution in [0.15, 0.2) is 24.3 Å². The Bertz CT molecular complexity index is 925. The van der Waals surface area contributed by atoms with Gasteiger partial charge < -0.3 is 24.2 Å². The van der Waals surface area contributed by atoms with Gasteiger partial charge in [-0.1, -0.05) is 0 Å². The Morgan fingerprint density at radius 3 is 2.15 bits per heavy atom. The molecule has 1 N–H and O–H groups in total. The molecule has 9 nitrogen and oxygen atoms in total.